The van der Waals surface area contributed by atoms with Crippen molar-refractivity contribution < 1.29 is 19.1 Å². The molecule has 3 aromatic rings. The molecule has 1 atom stereocenters. The van der Waals surface area contributed by atoms with Crippen LogP contribution in [0.4, 0.5) is 10.8 Å². The summed E-state index contributed by atoms with van der Waals surface area (Å²) in [6.45, 7) is 0.382. The minimum Gasteiger partial charge on any atom is -0.497 e. The standard InChI is InChI=1S/C24H25N3O4S2/c1-30-20-8-16(9-21(11-20)31-2)13-32-14-18-15-33-24(25-18)26-23(29)17-10-22(28)27(12-17)19-6-4-3-5-7-19/h3-9,11,15,17H,10,12-14H2,1-2H3,(H,25,26,29). The molecule has 2 amide bonds. The van der Waals surface area contributed by atoms with Crippen LogP contribution in [-0.2, 0) is 21.1 Å². The number of thioether (sulfide) groups is 1. The van der Waals surface area contributed by atoms with E-state index in [2.05, 4.69) is 10.3 Å². The summed E-state index contributed by atoms with van der Waals surface area (Å²) in [5.41, 5.74) is 2.83. The minimum absolute atomic E-state index is 0.0354. The Morgan fingerprint density at radius 3 is 2.58 bits per heavy atom. The van der Waals surface area contributed by atoms with E-state index < -0.39 is 0 Å². The maximum absolute atomic E-state index is 12.7. The molecule has 1 unspecified atom stereocenters. The summed E-state index contributed by atoms with van der Waals surface area (Å²) in [5, 5.41) is 5.39. The summed E-state index contributed by atoms with van der Waals surface area (Å²) in [6.07, 6.45) is 0.207. The normalized spacial score (nSPS) is 15.5. The molecule has 2 aromatic carbocycles. The van der Waals surface area contributed by atoms with Crippen LogP contribution in [0.3, 0.4) is 0 Å². The van der Waals surface area contributed by atoms with Gasteiger partial charge in [-0.1, -0.05) is 18.2 Å². The second kappa shape index (κ2) is 10.7. The Bertz CT molecular complexity index is 1100. The monoisotopic (exact) mass is 483 g/mol. The zero-order valence-corrected chi connectivity index (χ0v) is 20.1. The van der Waals surface area contributed by atoms with E-state index in [4.69, 9.17) is 9.47 Å². The lowest BCUT2D eigenvalue weighted by Gasteiger charge is -2.16. The predicted octanol–water partition coefficient (Wildman–Crippen LogP) is 4.59. The second-order valence-electron chi connectivity index (χ2n) is 7.59. The number of hydrogen-bond donors (Lipinski definition) is 1. The number of thiazole rings is 1. The third-order valence-corrected chi connectivity index (χ3v) is 7.12. The Morgan fingerprint density at radius 2 is 1.88 bits per heavy atom. The van der Waals surface area contributed by atoms with E-state index in [0.717, 1.165) is 39.9 Å². The number of methoxy groups -OCH3 is 2. The molecule has 172 valence electrons. The summed E-state index contributed by atoms with van der Waals surface area (Å²) < 4.78 is 10.6. The predicted molar refractivity (Wildman–Crippen MR) is 132 cm³/mol. The van der Waals surface area contributed by atoms with Crippen LogP contribution in [0.2, 0.25) is 0 Å². The molecule has 1 saturated heterocycles. The van der Waals surface area contributed by atoms with Crippen LogP contribution in [0.25, 0.3) is 0 Å². The fourth-order valence-electron chi connectivity index (χ4n) is 3.60. The Hall–Kier alpha value is -3.04. The fourth-order valence-corrected chi connectivity index (χ4v) is 5.28. The first-order valence-corrected chi connectivity index (χ1v) is 12.5. The topological polar surface area (TPSA) is 80.8 Å². The molecule has 2 heterocycles. The third kappa shape index (κ3) is 5.85. The molecule has 0 saturated carbocycles. The first-order valence-electron chi connectivity index (χ1n) is 10.5. The third-order valence-electron chi connectivity index (χ3n) is 5.28. The molecule has 7 nitrogen and oxygen atoms in total. The average molecular weight is 484 g/mol. The maximum atomic E-state index is 12.7. The van der Waals surface area contributed by atoms with Crippen LogP contribution in [-0.4, -0.2) is 37.6 Å². The number of rotatable bonds is 9. The lowest BCUT2D eigenvalue weighted by Crippen LogP contribution is -2.28. The quantitative estimate of drug-likeness (QED) is 0.480. The molecule has 4 rings (SSSR count). The number of hydrogen-bond acceptors (Lipinski definition) is 7. The van der Waals surface area contributed by atoms with Crippen LogP contribution in [0.15, 0.2) is 53.9 Å². The van der Waals surface area contributed by atoms with Gasteiger partial charge < -0.3 is 19.7 Å². The summed E-state index contributed by atoms with van der Waals surface area (Å²) in [4.78, 5) is 31.3. The van der Waals surface area contributed by atoms with Gasteiger partial charge in [0, 0.05) is 41.6 Å². The molecule has 1 aliphatic heterocycles. The zero-order valence-electron chi connectivity index (χ0n) is 18.4. The number of anilines is 2. The van der Waals surface area contributed by atoms with Crippen LogP contribution >= 0.6 is 23.1 Å². The Morgan fingerprint density at radius 1 is 1.15 bits per heavy atom. The van der Waals surface area contributed by atoms with Gasteiger partial charge in [-0.25, -0.2) is 4.98 Å². The molecule has 0 bridgehead atoms. The van der Waals surface area contributed by atoms with Crippen molar-refractivity contribution in [1.82, 2.24) is 4.98 Å². The lowest BCUT2D eigenvalue weighted by atomic mass is 10.1. The van der Waals surface area contributed by atoms with Crippen molar-refractivity contribution in [1.29, 1.82) is 0 Å². The molecule has 0 radical (unpaired) electrons. The van der Waals surface area contributed by atoms with E-state index in [-0.39, 0.29) is 24.2 Å². The highest BCUT2D eigenvalue weighted by Crippen LogP contribution is 2.29. The number of carbonyl (C=O) groups excluding carboxylic acids is 2. The average Bonchev–Trinajstić information content (AvgIpc) is 3.45. The van der Waals surface area contributed by atoms with Gasteiger partial charge in [-0.05, 0) is 29.8 Å². The maximum Gasteiger partial charge on any atom is 0.231 e. The second-order valence-corrected chi connectivity index (χ2v) is 9.43. The zero-order chi connectivity index (χ0) is 23.2. The van der Waals surface area contributed by atoms with Gasteiger partial charge in [0.15, 0.2) is 5.13 Å². The van der Waals surface area contributed by atoms with Gasteiger partial charge in [0.25, 0.3) is 0 Å². The summed E-state index contributed by atoms with van der Waals surface area (Å²) >= 11 is 3.12. The van der Waals surface area contributed by atoms with Crippen molar-refractivity contribution in [3.05, 3.63) is 65.2 Å². The van der Waals surface area contributed by atoms with Crippen molar-refractivity contribution in [2.75, 3.05) is 31.0 Å². The Kier molecular flexibility index (Phi) is 7.51. The fraction of sp³-hybridized carbons (Fsp3) is 0.292. The van der Waals surface area contributed by atoms with E-state index in [9.17, 15) is 9.59 Å². The SMILES string of the molecule is COc1cc(CSCc2csc(NC(=O)C3CC(=O)N(c4ccccc4)C3)n2)cc(OC)c1. The number of ether oxygens (including phenoxy) is 2. The highest BCUT2D eigenvalue weighted by molar-refractivity contribution is 7.97. The number of para-hydroxylation sites is 1. The number of benzene rings is 2. The van der Waals surface area contributed by atoms with E-state index in [0.29, 0.717) is 11.7 Å². The van der Waals surface area contributed by atoms with Crippen molar-refractivity contribution in [3.63, 3.8) is 0 Å². The van der Waals surface area contributed by atoms with Crippen molar-refractivity contribution in [2.45, 2.75) is 17.9 Å². The number of nitrogens with one attached hydrogen (secondary N) is 1. The van der Waals surface area contributed by atoms with Crippen molar-refractivity contribution in [3.8, 4) is 11.5 Å². The molecule has 0 aliphatic carbocycles. The molecule has 33 heavy (non-hydrogen) atoms. The van der Waals surface area contributed by atoms with Crippen LogP contribution < -0.4 is 19.7 Å². The van der Waals surface area contributed by atoms with Crippen molar-refractivity contribution >= 4 is 45.7 Å². The molecular formula is C24H25N3O4S2. The number of amides is 2. The summed E-state index contributed by atoms with van der Waals surface area (Å²) in [6, 6.07) is 15.3. The van der Waals surface area contributed by atoms with Crippen LogP contribution in [0.5, 0.6) is 11.5 Å². The van der Waals surface area contributed by atoms with Gasteiger partial charge >= 0.3 is 0 Å². The largest absolute Gasteiger partial charge is 0.497 e. The molecule has 0 spiro atoms. The summed E-state index contributed by atoms with van der Waals surface area (Å²) in [7, 11) is 3.27. The molecule has 1 aliphatic rings. The Balaban J connectivity index is 1.28. The van der Waals surface area contributed by atoms with Gasteiger partial charge in [0.1, 0.15) is 11.5 Å². The minimum atomic E-state index is -0.387. The lowest BCUT2D eigenvalue weighted by molar-refractivity contribution is -0.122. The molecule has 1 aromatic heterocycles. The van der Waals surface area contributed by atoms with E-state index in [1.54, 1.807) is 30.9 Å². The van der Waals surface area contributed by atoms with Gasteiger partial charge in [-0.3, -0.25) is 9.59 Å². The number of carbonyl (C=O) groups is 2. The smallest absolute Gasteiger partial charge is 0.231 e. The highest BCUT2D eigenvalue weighted by Gasteiger charge is 2.35. The van der Waals surface area contributed by atoms with Gasteiger partial charge in [0.05, 0.1) is 25.8 Å². The van der Waals surface area contributed by atoms with Crippen LogP contribution in [0.1, 0.15) is 17.7 Å². The number of aromatic nitrogens is 1. The molecule has 9 heteroatoms. The highest BCUT2D eigenvalue weighted by atomic mass is 32.2. The molecule has 1 fully saturated rings. The van der Waals surface area contributed by atoms with E-state index >= 15 is 0 Å². The number of nitrogens with zero attached hydrogens (tertiary/aromatic N) is 2. The molecular weight excluding hydrogens is 458 g/mol. The van der Waals surface area contributed by atoms with Crippen molar-refractivity contribution in [2.24, 2.45) is 5.92 Å². The van der Waals surface area contributed by atoms with Crippen LogP contribution in [0, 0.1) is 5.92 Å². The van der Waals surface area contributed by atoms with E-state index in [1.807, 2.05) is 53.9 Å². The first kappa shape index (κ1) is 23.1. The first-order chi connectivity index (χ1) is 16.1. The molecule has 1 N–H and O–H groups in total. The van der Waals surface area contributed by atoms with Gasteiger partial charge in [-0.15, -0.1) is 11.3 Å². The van der Waals surface area contributed by atoms with Gasteiger partial charge in [0.2, 0.25) is 11.8 Å². The van der Waals surface area contributed by atoms with E-state index in [1.165, 1.54) is 11.3 Å². The summed E-state index contributed by atoms with van der Waals surface area (Å²) in [5.74, 6) is 2.44. The Labute approximate surface area is 201 Å². The van der Waals surface area contributed by atoms with Gasteiger partial charge in [-0.2, -0.15) is 11.8 Å².